The molecule has 0 saturated carbocycles. The lowest BCUT2D eigenvalue weighted by molar-refractivity contribution is -0.302. The van der Waals surface area contributed by atoms with E-state index >= 15 is 0 Å². The van der Waals surface area contributed by atoms with Gasteiger partial charge in [-0.3, -0.25) is 0 Å². The van der Waals surface area contributed by atoms with Crippen molar-refractivity contribution in [2.75, 3.05) is 0 Å². The van der Waals surface area contributed by atoms with Gasteiger partial charge in [-0.1, -0.05) is 53.2 Å². The minimum Gasteiger partial charge on any atom is -0.211 e. The van der Waals surface area contributed by atoms with Gasteiger partial charge in [-0.15, -0.1) is 0 Å². The van der Waals surface area contributed by atoms with Crippen molar-refractivity contribution in [1.29, 1.82) is 0 Å². The van der Waals surface area contributed by atoms with Crippen molar-refractivity contribution in [3.63, 3.8) is 0 Å². The summed E-state index contributed by atoms with van der Waals surface area (Å²) in [5.41, 5.74) is -0.932. The average molecular weight is 441 g/mol. The van der Waals surface area contributed by atoms with Crippen LogP contribution < -0.4 is 0 Å². The molecule has 11 heteroatoms. The van der Waals surface area contributed by atoms with E-state index in [9.17, 15) is 35.1 Å². The Morgan fingerprint density at radius 3 is 1.85 bits per heavy atom. The molecule has 0 radical (unpaired) electrons. The van der Waals surface area contributed by atoms with Gasteiger partial charge in [0.15, 0.2) is 0 Å². The van der Waals surface area contributed by atoms with E-state index < -0.39 is 56.0 Å². The Hall–Kier alpha value is -1.19. The molecule has 0 bridgehead atoms. The predicted molar refractivity (Wildman–Crippen MR) is 83.7 cm³/mol. The van der Waals surface area contributed by atoms with Crippen LogP contribution in [-0.2, 0) is 0 Å². The van der Waals surface area contributed by atoms with Gasteiger partial charge in [0.2, 0.25) is 0 Å². The fourth-order valence-corrected chi connectivity index (χ4v) is 3.74. The topological polar surface area (TPSA) is 0 Å². The van der Waals surface area contributed by atoms with E-state index in [1.165, 1.54) is 12.1 Å². The molecule has 0 aliphatic carbocycles. The minimum atomic E-state index is -6.29. The Bertz CT molecular complexity index is 802. The highest BCUT2D eigenvalue weighted by Crippen LogP contribution is 2.57. The molecule has 2 aromatic carbocycles. The van der Waals surface area contributed by atoms with Crippen molar-refractivity contribution in [3.05, 3.63) is 52.3 Å². The van der Waals surface area contributed by atoms with Crippen molar-refractivity contribution >= 4 is 35.0 Å². The lowest BCUT2D eigenvalue weighted by Crippen LogP contribution is -2.50. The van der Waals surface area contributed by atoms with Crippen LogP contribution in [0.3, 0.4) is 0 Å². The van der Waals surface area contributed by atoms with Crippen molar-refractivity contribution < 1.29 is 35.1 Å². The van der Waals surface area contributed by atoms with Gasteiger partial charge < -0.3 is 0 Å². The standard InChI is InChI=1S/C15H6Cl2F8S/c16-7-5-9(17)12(8-3-1-2-4-10(8)18)11(6-7)26-13(19,14(20,21)22)15(23,24)25/h1-6H. The van der Waals surface area contributed by atoms with Crippen LogP contribution in [0.25, 0.3) is 11.1 Å². The maximum atomic E-state index is 14.1. The summed E-state index contributed by atoms with van der Waals surface area (Å²) in [5, 5.41) is -6.42. The summed E-state index contributed by atoms with van der Waals surface area (Å²) in [7, 11) is 0. The van der Waals surface area contributed by atoms with Crippen LogP contribution in [0.5, 0.6) is 0 Å². The smallest absolute Gasteiger partial charge is 0.211 e. The van der Waals surface area contributed by atoms with Gasteiger partial charge in [-0.2, -0.15) is 26.3 Å². The highest BCUT2D eigenvalue weighted by Gasteiger charge is 2.73. The third kappa shape index (κ3) is 3.89. The molecule has 0 aliphatic heterocycles. The van der Waals surface area contributed by atoms with Gasteiger partial charge in [-0.25, -0.2) is 8.78 Å². The molecule has 26 heavy (non-hydrogen) atoms. The van der Waals surface area contributed by atoms with E-state index in [0.29, 0.717) is 6.07 Å². The Morgan fingerprint density at radius 1 is 0.808 bits per heavy atom. The fraction of sp³-hybridized carbons (Fsp3) is 0.200. The summed E-state index contributed by atoms with van der Waals surface area (Å²) in [4.78, 5) is -0.912. The molecule has 0 heterocycles. The van der Waals surface area contributed by atoms with Crippen molar-refractivity contribution in [2.45, 2.75) is 22.2 Å². The van der Waals surface area contributed by atoms with Gasteiger partial charge in [-0.05, 0) is 18.2 Å². The van der Waals surface area contributed by atoms with E-state index in [-0.39, 0.29) is 5.02 Å². The summed E-state index contributed by atoms with van der Waals surface area (Å²) in [6.45, 7) is 0. The number of hydrogen-bond donors (Lipinski definition) is 0. The van der Waals surface area contributed by atoms with Crippen LogP contribution in [0.1, 0.15) is 0 Å². The highest BCUT2D eigenvalue weighted by atomic mass is 35.5. The second-order valence-electron chi connectivity index (χ2n) is 4.93. The number of benzene rings is 2. The molecular formula is C15H6Cl2F8S. The largest absolute Gasteiger partial charge is 0.441 e. The van der Waals surface area contributed by atoms with E-state index in [1.54, 1.807) is 0 Å². The van der Waals surface area contributed by atoms with Crippen LogP contribution in [0.15, 0.2) is 41.3 Å². The lowest BCUT2D eigenvalue weighted by Gasteiger charge is -2.30. The SMILES string of the molecule is Fc1ccccc1-c1c(Cl)cc(Cl)cc1SC(F)(C(F)(F)F)C(F)(F)F. The Kier molecular flexibility index (Phi) is 5.76. The molecular weight excluding hydrogens is 435 g/mol. The van der Waals surface area contributed by atoms with Crippen LogP contribution in [0, 0.1) is 5.82 Å². The summed E-state index contributed by atoms with van der Waals surface area (Å²) in [6.07, 6.45) is -12.6. The molecule has 0 aliphatic rings. The quantitative estimate of drug-likeness (QED) is 0.348. The third-order valence-electron chi connectivity index (χ3n) is 3.14. The molecule has 0 aromatic heterocycles. The monoisotopic (exact) mass is 440 g/mol. The van der Waals surface area contributed by atoms with E-state index in [0.717, 1.165) is 18.2 Å². The molecule has 0 spiro atoms. The van der Waals surface area contributed by atoms with Gasteiger partial charge in [0.25, 0.3) is 0 Å². The molecule has 0 atom stereocenters. The Labute approximate surface area is 156 Å². The average Bonchev–Trinajstić information content (AvgIpc) is 2.46. The molecule has 0 amide bonds. The van der Waals surface area contributed by atoms with Crippen molar-refractivity contribution in [2.24, 2.45) is 0 Å². The zero-order chi connectivity index (χ0) is 19.9. The second-order valence-corrected chi connectivity index (χ2v) is 6.98. The van der Waals surface area contributed by atoms with Gasteiger partial charge in [0, 0.05) is 21.0 Å². The zero-order valence-corrected chi connectivity index (χ0v) is 14.5. The molecule has 2 aromatic rings. The minimum absolute atomic E-state index is 0.343. The van der Waals surface area contributed by atoms with E-state index in [4.69, 9.17) is 23.2 Å². The Morgan fingerprint density at radius 2 is 1.35 bits per heavy atom. The van der Waals surface area contributed by atoms with Crippen LogP contribution >= 0.6 is 35.0 Å². The second kappa shape index (κ2) is 7.09. The van der Waals surface area contributed by atoms with E-state index in [1.807, 2.05) is 0 Å². The first-order valence-corrected chi connectivity index (χ1v) is 8.10. The Balaban J connectivity index is 2.72. The van der Waals surface area contributed by atoms with Crippen molar-refractivity contribution in [1.82, 2.24) is 0 Å². The molecule has 2 rings (SSSR count). The molecule has 0 nitrogen and oxygen atoms in total. The van der Waals surface area contributed by atoms with Gasteiger partial charge in [0.1, 0.15) is 5.82 Å². The molecule has 0 saturated heterocycles. The normalized spacial score (nSPS) is 13.2. The maximum absolute atomic E-state index is 14.1. The fourth-order valence-electron chi connectivity index (χ4n) is 1.98. The van der Waals surface area contributed by atoms with Crippen molar-refractivity contribution in [3.8, 4) is 11.1 Å². The molecule has 0 fully saturated rings. The first-order chi connectivity index (χ1) is 11.8. The van der Waals surface area contributed by atoms with Gasteiger partial charge in [0.05, 0.1) is 5.02 Å². The number of hydrogen-bond acceptors (Lipinski definition) is 1. The highest BCUT2D eigenvalue weighted by molar-refractivity contribution is 8.00. The first kappa shape index (κ1) is 21.1. The van der Waals surface area contributed by atoms with E-state index in [2.05, 4.69) is 0 Å². The van der Waals surface area contributed by atoms with Gasteiger partial charge >= 0.3 is 17.4 Å². The van der Waals surface area contributed by atoms with Crippen LogP contribution in [0.4, 0.5) is 35.1 Å². The molecule has 0 unspecified atom stereocenters. The molecule has 142 valence electrons. The third-order valence-corrected chi connectivity index (χ3v) is 4.94. The number of rotatable bonds is 3. The zero-order valence-electron chi connectivity index (χ0n) is 12.2. The van der Waals surface area contributed by atoms with Crippen LogP contribution in [0.2, 0.25) is 10.0 Å². The lowest BCUT2D eigenvalue weighted by atomic mass is 10.1. The molecule has 0 N–H and O–H groups in total. The summed E-state index contributed by atoms with van der Waals surface area (Å²) >= 11 is 10.3. The number of thioether (sulfide) groups is 1. The predicted octanol–water partition coefficient (Wildman–Crippen LogP) is 7.68. The maximum Gasteiger partial charge on any atom is 0.441 e. The summed E-state index contributed by atoms with van der Waals surface area (Å²) in [5.74, 6) is -0.970. The summed E-state index contributed by atoms with van der Waals surface area (Å²) in [6, 6.07) is 6.19. The number of halogens is 10. The number of alkyl halides is 7. The summed E-state index contributed by atoms with van der Waals surface area (Å²) < 4.78 is 105. The van der Waals surface area contributed by atoms with Crippen LogP contribution in [-0.4, -0.2) is 17.4 Å². The first-order valence-electron chi connectivity index (χ1n) is 6.53.